The second-order valence-electron chi connectivity index (χ2n) is 8.01. The molecule has 0 bridgehead atoms. The van der Waals surface area contributed by atoms with E-state index < -0.39 is 5.60 Å². The number of benzene rings is 1. The number of pyridine rings is 2. The molecule has 4 rings (SSSR count). The molecule has 160 valence electrons. The van der Waals surface area contributed by atoms with Crippen LogP contribution >= 0.6 is 11.6 Å². The van der Waals surface area contributed by atoms with E-state index in [9.17, 15) is 9.90 Å². The van der Waals surface area contributed by atoms with Gasteiger partial charge in [-0.3, -0.25) is 9.78 Å². The summed E-state index contributed by atoms with van der Waals surface area (Å²) in [5.74, 6) is 0.354. The first kappa shape index (κ1) is 21.3. The quantitative estimate of drug-likeness (QED) is 0.549. The summed E-state index contributed by atoms with van der Waals surface area (Å²) in [5.41, 5.74) is 1.77. The lowest BCUT2D eigenvalue weighted by Gasteiger charge is -2.23. The zero-order chi connectivity index (χ0) is 21.8. The van der Waals surface area contributed by atoms with Gasteiger partial charge in [0.25, 0.3) is 5.91 Å². The monoisotopic (exact) mass is 437 g/mol. The number of hydrogen-bond donors (Lipinski definition) is 2. The van der Waals surface area contributed by atoms with Crippen molar-refractivity contribution >= 4 is 17.5 Å². The van der Waals surface area contributed by atoms with Crippen molar-refractivity contribution in [1.29, 1.82) is 0 Å². The summed E-state index contributed by atoms with van der Waals surface area (Å²) in [6, 6.07) is 14.6. The number of nitrogens with one attached hydrogen (secondary N) is 1. The fraction of sp³-hybridized carbons (Fsp3) is 0.292. The highest BCUT2D eigenvalue weighted by atomic mass is 35.5. The SMILES string of the molecule is CC(O)(CNC(=O)c1cnc(OCc2ccccn2)c(-c2ccc(Cl)cc2)c1)C1CC1. The first-order chi connectivity index (χ1) is 14.9. The van der Waals surface area contributed by atoms with Crippen molar-refractivity contribution < 1.29 is 14.6 Å². The Kier molecular flexibility index (Phi) is 6.20. The molecule has 0 aliphatic heterocycles. The molecule has 0 saturated heterocycles. The number of carbonyl (C=O) groups excluding carboxylic acids is 1. The smallest absolute Gasteiger partial charge is 0.252 e. The third kappa shape index (κ3) is 5.40. The molecule has 6 nitrogen and oxygen atoms in total. The van der Waals surface area contributed by atoms with Crippen LogP contribution in [-0.4, -0.2) is 33.1 Å². The van der Waals surface area contributed by atoms with Gasteiger partial charge in [-0.2, -0.15) is 0 Å². The Bertz CT molecular complexity index is 1050. The predicted octanol–water partition coefficient (Wildman–Crippen LogP) is 4.27. The van der Waals surface area contributed by atoms with Crippen LogP contribution in [0.2, 0.25) is 5.02 Å². The molecule has 3 aromatic rings. The van der Waals surface area contributed by atoms with Crippen molar-refractivity contribution in [2.45, 2.75) is 32.0 Å². The van der Waals surface area contributed by atoms with Crippen LogP contribution in [0.1, 0.15) is 35.8 Å². The maximum absolute atomic E-state index is 12.7. The maximum atomic E-state index is 12.7. The summed E-state index contributed by atoms with van der Waals surface area (Å²) < 4.78 is 5.92. The summed E-state index contributed by atoms with van der Waals surface area (Å²) >= 11 is 6.03. The Morgan fingerprint density at radius 1 is 1.23 bits per heavy atom. The van der Waals surface area contributed by atoms with Crippen LogP contribution in [0.3, 0.4) is 0 Å². The van der Waals surface area contributed by atoms with E-state index in [1.54, 1.807) is 31.3 Å². The highest BCUT2D eigenvalue weighted by Crippen LogP contribution is 2.39. The average molecular weight is 438 g/mol. The van der Waals surface area contributed by atoms with E-state index in [-0.39, 0.29) is 25.0 Å². The Morgan fingerprint density at radius 2 is 2.00 bits per heavy atom. The van der Waals surface area contributed by atoms with Crippen LogP contribution in [0.5, 0.6) is 5.88 Å². The Labute approximate surface area is 186 Å². The van der Waals surface area contributed by atoms with Crippen LogP contribution in [0, 0.1) is 5.92 Å². The molecule has 1 saturated carbocycles. The first-order valence-corrected chi connectivity index (χ1v) is 10.6. The minimum absolute atomic E-state index is 0.199. The van der Waals surface area contributed by atoms with Gasteiger partial charge in [0.2, 0.25) is 5.88 Å². The van der Waals surface area contributed by atoms with Crippen molar-refractivity contribution in [2.75, 3.05) is 6.54 Å². The molecule has 1 amide bonds. The molecule has 1 aliphatic carbocycles. The highest BCUT2D eigenvalue weighted by Gasteiger charge is 2.40. The fourth-order valence-electron chi connectivity index (χ4n) is 3.36. The van der Waals surface area contributed by atoms with Gasteiger partial charge in [-0.05, 0) is 61.6 Å². The normalized spacial score (nSPS) is 15.2. The number of aliphatic hydroxyl groups is 1. The Balaban J connectivity index is 1.56. The third-order valence-electron chi connectivity index (χ3n) is 5.42. The van der Waals surface area contributed by atoms with Gasteiger partial charge >= 0.3 is 0 Å². The second-order valence-corrected chi connectivity index (χ2v) is 8.44. The Hall–Kier alpha value is -2.96. The molecule has 1 unspecified atom stereocenters. The molecule has 1 aromatic carbocycles. The predicted molar refractivity (Wildman–Crippen MR) is 119 cm³/mol. The summed E-state index contributed by atoms with van der Waals surface area (Å²) in [6.07, 6.45) is 5.17. The van der Waals surface area contributed by atoms with Gasteiger partial charge in [0.15, 0.2) is 0 Å². The van der Waals surface area contributed by atoms with Crippen molar-refractivity contribution in [2.24, 2.45) is 5.92 Å². The molecule has 2 heterocycles. The summed E-state index contributed by atoms with van der Waals surface area (Å²) in [4.78, 5) is 21.4. The topological polar surface area (TPSA) is 84.3 Å². The molecular formula is C24H24ClN3O3. The zero-order valence-electron chi connectivity index (χ0n) is 17.2. The van der Waals surface area contributed by atoms with Crippen LogP contribution in [0.25, 0.3) is 11.1 Å². The summed E-state index contributed by atoms with van der Waals surface area (Å²) in [7, 11) is 0. The largest absolute Gasteiger partial charge is 0.471 e. The molecule has 7 heteroatoms. The van der Waals surface area contributed by atoms with E-state index in [0.29, 0.717) is 22.0 Å². The van der Waals surface area contributed by atoms with Crippen molar-refractivity contribution in [3.05, 3.63) is 77.2 Å². The molecule has 1 fully saturated rings. The van der Waals surface area contributed by atoms with Crippen molar-refractivity contribution in [3.8, 4) is 17.0 Å². The lowest BCUT2D eigenvalue weighted by molar-refractivity contribution is 0.0354. The molecule has 2 aromatic heterocycles. The molecule has 31 heavy (non-hydrogen) atoms. The van der Waals surface area contributed by atoms with Crippen molar-refractivity contribution in [3.63, 3.8) is 0 Å². The molecule has 0 radical (unpaired) electrons. The minimum atomic E-state index is -0.895. The summed E-state index contributed by atoms with van der Waals surface area (Å²) in [5, 5.41) is 13.9. The number of ether oxygens (including phenoxy) is 1. The van der Waals surface area contributed by atoms with E-state index >= 15 is 0 Å². The van der Waals surface area contributed by atoms with Gasteiger partial charge in [0.1, 0.15) is 6.61 Å². The highest BCUT2D eigenvalue weighted by molar-refractivity contribution is 6.30. The maximum Gasteiger partial charge on any atom is 0.252 e. The molecule has 1 atom stereocenters. The van der Waals surface area contributed by atoms with E-state index in [2.05, 4.69) is 15.3 Å². The zero-order valence-corrected chi connectivity index (χ0v) is 18.0. The molecule has 1 aliphatic rings. The Morgan fingerprint density at radius 3 is 2.68 bits per heavy atom. The number of halogens is 1. The van der Waals surface area contributed by atoms with Crippen molar-refractivity contribution in [1.82, 2.24) is 15.3 Å². The van der Waals surface area contributed by atoms with Gasteiger partial charge in [0, 0.05) is 29.5 Å². The summed E-state index contributed by atoms with van der Waals surface area (Å²) in [6.45, 7) is 2.21. The number of nitrogens with zero attached hydrogens (tertiary/aromatic N) is 2. The van der Waals surface area contributed by atoms with Gasteiger partial charge in [-0.15, -0.1) is 0 Å². The number of amides is 1. The van der Waals surface area contributed by atoms with Gasteiger partial charge in [-0.1, -0.05) is 29.8 Å². The number of aromatic nitrogens is 2. The lowest BCUT2D eigenvalue weighted by Crippen LogP contribution is -2.42. The van der Waals surface area contributed by atoms with Crippen LogP contribution in [0.4, 0.5) is 0 Å². The molecular weight excluding hydrogens is 414 g/mol. The van der Waals surface area contributed by atoms with Gasteiger partial charge in [-0.25, -0.2) is 4.98 Å². The lowest BCUT2D eigenvalue weighted by atomic mass is 10.0. The van der Waals surface area contributed by atoms with Crippen LogP contribution in [0.15, 0.2) is 60.9 Å². The van der Waals surface area contributed by atoms with E-state index in [1.165, 1.54) is 6.20 Å². The first-order valence-electron chi connectivity index (χ1n) is 10.2. The second kappa shape index (κ2) is 9.04. The number of carbonyl (C=O) groups is 1. The fourth-order valence-corrected chi connectivity index (χ4v) is 3.49. The molecule has 2 N–H and O–H groups in total. The standard InChI is InChI=1S/C24H24ClN3O3/c1-24(30,18-7-8-18)15-28-22(29)17-12-21(16-5-9-19(25)10-6-16)23(27-13-17)31-14-20-4-2-3-11-26-20/h2-6,9-13,18,30H,7-8,14-15H2,1H3,(H,28,29). The van der Waals surface area contributed by atoms with E-state index in [4.69, 9.17) is 16.3 Å². The van der Waals surface area contributed by atoms with E-state index in [0.717, 1.165) is 24.1 Å². The third-order valence-corrected chi connectivity index (χ3v) is 5.67. The number of hydrogen-bond acceptors (Lipinski definition) is 5. The minimum Gasteiger partial charge on any atom is -0.471 e. The average Bonchev–Trinajstić information content (AvgIpc) is 3.64. The van der Waals surface area contributed by atoms with Crippen LogP contribution < -0.4 is 10.1 Å². The van der Waals surface area contributed by atoms with Crippen LogP contribution in [-0.2, 0) is 6.61 Å². The number of rotatable bonds is 8. The van der Waals surface area contributed by atoms with Gasteiger partial charge in [0.05, 0.1) is 16.9 Å². The molecule has 0 spiro atoms. The van der Waals surface area contributed by atoms with Gasteiger partial charge < -0.3 is 15.2 Å². The van der Waals surface area contributed by atoms with E-state index in [1.807, 2.05) is 30.3 Å².